The third-order valence-corrected chi connectivity index (χ3v) is 5.13. The lowest BCUT2D eigenvalue weighted by Crippen LogP contribution is -2.24. The van der Waals surface area contributed by atoms with Crippen LogP contribution in [0.1, 0.15) is 16.7 Å². The molecule has 0 aliphatic carbocycles. The number of benzene rings is 4. The van der Waals surface area contributed by atoms with Crippen LogP contribution in [0.3, 0.4) is 0 Å². The molecule has 0 aliphatic heterocycles. The number of nitrogens with one attached hydrogen (secondary N) is 1. The highest BCUT2D eigenvalue weighted by atomic mass is 16.5. The molecule has 0 bridgehead atoms. The molecule has 4 aromatic rings. The summed E-state index contributed by atoms with van der Waals surface area (Å²) < 4.78 is 5.54. The van der Waals surface area contributed by atoms with Crippen molar-refractivity contribution in [3.8, 4) is 11.5 Å². The number of carbonyl (C=O) groups is 1. The molecule has 0 radical (unpaired) electrons. The zero-order chi connectivity index (χ0) is 23.9. The Labute approximate surface area is 197 Å². The number of aromatic hydroxyl groups is 1. The molecule has 170 valence electrons. The van der Waals surface area contributed by atoms with Crippen molar-refractivity contribution in [1.29, 1.82) is 0 Å². The Kier molecular flexibility index (Phi) is 6.93. The molecule has 7 nitrogen and oxygen atoms in total. The molecule has 0 atom stereocenters. The fourth-order valence-corrected chi connectivity index (χ4v) is 3.43. The lowest BCUT2D eigenvalue weighted by molar-refractivity contribution is -0.123. The average Bonchev–Trinajstić information content (AvgIpc) is 2.83. The molecule has 4 aromatic carbocycles. The van der Waals surface area contributed by atoms with Gasteiger partial charge in [0, 0.05) is 10.9 Å². The number of fused-ring (bicyclic) bond motifs is 1. The SMILES string of the molecule is Cc1ccc(OCC(=O)N/N=C\c2cc(N=Nc3cccc4ccccc34)ccc2O)c(C)c1. The zero-order valence-electron chi connectivity index (χ0n) is 18.9. The minimum absolute atomic E-state index is 0.00800. The summed E-state index contributed by atoms with van der Waals surface area (Å²) in [4.78, 5) is 12.1. The molecule has 1 amide bonds. The lowest BCUT2D eigenvalue weighted by Gasteiger charge is -2.08. The largest absolute Gasteiger partial charge is 0.507 e. The maximum atomic E-state index is 12.1. The van der Waals surface area contributed by atoms with Gasteiger partial charge in [-0.2, -0.15) is 10.2 Å². The van der Waals surface area contributed by atoms with Gasteiger partial charge in [0.1, 0.15) is 11.5 Å². The average molecular weight is 453 g/mol. The van der Waals surface area contributed by atoms with E-state index in [1.54, 1.807) is 12.1 Å². The van der Waals surface area contributed by atoms with Crippen molar-refractivity contribution < 1.29 is 14.6 Å². The smallest absolute Gasteiger partial charge is 0.277 e. The molecule has 34 heavy (non-hydrogen) atoms. The topological polar surface area (TPSA) is 95.6 Å². The normalized spacial score (nSPS) is 11.4. The Bertz CT molecular complexity index is 1390. The van der Waals surface area contributed by atoms with Crippen molar-refractivity contribution >= 4 is 34.3 Å². The van der Waals surface area contributed by atoms with E-state index in [4.69, 9.17) is 4.74 Å². The first-order chi connectivity index (χ1) is 16.5. The predicted molar refractivity (Wildman–Crippen MR) is 133 cm³/mol. The van der Waals surface area contributed by atoms with Crippen LogP contribution >= 0.6 is 0 Å². The molecule has 0 saturated carbocycles. The van der Waals surface area contributed by atoms with Gasteiger partial charge in [0.05, 0.1) is 17.6 Å². The number of hydrogen-bond donors (Lipinski definition) is 2. The van der Waals surface area contributed by atoms with Crippen LogP contribution in [0.5, 0.6) is 11.5 Å². The molecule has 0 aromatic heterocycles. The molecular weight excluding hydrogens is 428 g/mol. The van der Waals surface area contributed by atoms with Gasteiger partial charge in [0.2, 0.25) is 0 Å². The zero-order valence-corrected chi connectivity index (χ0v) is 18.9. The summed E-state index contributed by atoms with van der Waals surface area (Å²) in [5, 5.41) is 24.8. The summed E-state index contributed by atoms with van der Waals surface area (Å²) in [5.74, 6) is 0.239. The van der Waals surface area contributed by atoms with Crippen LogP contribution in [0, 0.1) is 13.8 Å². The van der Waals surface area contributed by atoms with Gasteiger partial charge in [-0.25, -0.2) is 5.43 Å². The van der Waals surface area contributed by atoms with Gasteiger partial charge in [-0.3, -0.25) is 4.79 Å². The van der Waals surface area contributed by atoms with Crippen LogP contribution in [0.4, 0.5) is 11.4 Å². The van der Waals surface area contributed by atoms with E-state index in [2.05, 4.69) is 20.8 Å². The first-order valence-corrected chi connectivity index (χ1v) is 10.7. The summed E-state index contributed by atoms with van der Waals surface area (Å²) in [7, 11) is 0. The van der Waals surface area contributed by atoms with E-state index < -0.39 is 5.91 Å². The van der Waals surface area contributed by atoms with E-state index in [0.717, 1.165) is 27.6 Å². The summed E-state index contributed by atoms with van der Waals surface area (Å²) in [6.07, 6.45) is 1.35. The van der Waals surface area contributed by atoms with Crippen LogP contribution in [0.2, 0.25) is 0 Å². The van der Waals surface area contributed by atoms with Crippen LogP contribution in [-0.2, 0) is 4.79 Å². The van der Waals surface area contributed by atoms with E-state index in [-0.39, 0.29) is 12.4 Å². The fourth-order valence-electron chi connectivity index (χ4n) is 3.43. The monoisotopic (exact) mass is 452 g/mol. The number of carbonyl (C=O) groups excluding carboxylic acids is 1. The van der Waals surface area contributed by atoms with Gasteiger partial charge < -0.3 is 9.84 Å². The van der Waals surface area contributed by atoms with Gasteiger partial charge in [-0.1, -0.05) is 54.1 Å². The number of azo groups is 1. The highest BCUT2D eigenvalue weighted by molar-refractivity contribution is 5.92. The number of phenolic OH excluding ortho intramolecular Hbond substituents is 1. The van der Waals surface area contributed by atoms with Gasteiger partial charge in [-0.05, 0) is 55.1 Å². The van der Waals surface area contributed by atoms with Crippen molar-refractivity contribution in [2.45, 2.75) is 13.8 Å². The molecule has 0 aliphatic rings. The van der Waals surface area contributed by atoms with Gasteiger partial charge in [0.25, 0.3) is 5.91 Å². The molecular formula is C27H24N4O3. The van der Waals surface area contributed by atoms with E-state index >= 15 is 0 Å². The van der Waals surface area contributed by atoms with Crippen LogP contribution in [0.15, 0.2) is 94.2 Å². The Morgan fingerprint density at radius 3 is 2.65 bits per heavy atom. The number of ether oxygens (including phenoxy) is 1. The number of phenols is 1. The van der Waals surface area contributed by atoms with Crippen LogP contribution in [0.25, 0.3) is 10.8 Å². The Hall–Kier alpha value is -4.52. The fraction of sp³-hybridized carbons (Fsp3) is 0.111. The van der Waals surface area contributed by atoms with Crippen LogP contribution < -0.4 is 10.2 Å². The highest BCUT2D eigenvalue weighted by Crippen LogP contribution is 2.28. The Morgan fingerprint density at radius 1 is 0.971 bits per heavy atom. The van der Waals surface area contributed by atoms with Crippen LogP contribution in [-0.4, -0.2) is 23.8 Å². The molecule has 0 fully saturated rings. The number of amides is 1. The number of aryl methyl sites for hydroxylation is 2. The third kappa shape index (κ3) is 5.63. The predicted octanol–water partition coefficient (Wildman–Crippen LogP) is 6.11. The minimum atomic E-state index is -0.414. The number of hydrazone groups is 1. The lowest BCUT2D eigenvalue weighted by atomic mass is 10.1. The summed E-state index contributed by atoms with van der Waals surface area (Å²) >= 11 is 0. The number of hydrogen-bond acceptors (Lipinski definition) is 6. The molecule has 0 saturated heterocycles. The van der Waals surface area contributed by atoms with Crippen molar-refractivity contribution in [3.05, 3.63) is 95.6 Å². The summed E-state index contributed by atoms with van der Waals surface area (Å²) in [6.45, 7) is 3.74. The number of rotatable bonds is 7. The molecule has 0 heterocycles. The quantitative estimate of drug-likeness (QED) is 0.201. The van der Waals surface area contributed by atoms with E-state index in [9.17, 15) is 9.90 Å². The maximum Gasteiger partial charge on any atom is 0.277 e. The third-order valence-electron chi connectivity index (χ3n) is 5.13. The van der Waals surface area contributed by atoms with Gasteiger partial charge in [0.15, 0.2) is 6.61 Å². The van der Waals surface area contributed by atoms with Gasteiger partial charge in [-0.15, -0.1) is 5.11 Å². The standard InChI is InChI=1S/C27H24N4O3/c1-18-10-13-26(19(2)14-18)34-17-27(33)31-28-16-21-15-22(11-12-25(21)32)29-30-24-9-5-7-20-6-3-4-8-23(20)24/h3-16,32H,17H2,1-2H3,(H,31,33)/b28-16-,30-29?. The maximum absolute atomic E-state index is 12.1. The second-order valence-corrected chi connectivity index (χ2v) is 7.79. The molecule has 2 N–H and O–H groups in total. The van der Waals surface area contributed by atoms with Crippen molar-refractivity contribution in [2.75, 3.05) is 6.61 Å². The van der Waals surface area contributed by atoms with Crippen molar-refractivity contribution in [3.63, 3.8) is 0 Å². The summed E-state index contributed by atoms with van der Waals surface area (Å²) in [5.41, 5.74) is 6.15. The van der Waals surface area contributed by atoms with E-state index in [0.29, 0.717) is 17.0 Å². The summed E-state index contributed by atoms with van der Waals surface area (Å²) in [6, 6.07) is 24.3. The highest BCUT2D eigenvalue weighted by Gasteiger charge is 2.05. The molecule has 0 unspecified atom stereocenters. The van der Waals surface area contributed by atoms with Crippen molar-refractivity contribution in [1.82, 2.24) is 5.43 Å². The van der Waals surface area contributed by atoms with E-state index in [1.165, 1.54) is 12.3 Å². The number of nitrogens with zero attached hydrogens (tertiary/aromatic N) is 3. The Balaban J connectivity index is 1.39. The molecule has 7 heteroatoms. The Morgan fingerprint density at radius 2 is 1.79 bits per heavy atom. The first-order valence-electron chi connectivity index (χ1n) is 10.7. The second-order valence-electron chi connectivity index (χ2n) is 7.79. The van der Waals surface area contributed by atoms with E-state index in [1.807, 2.05) is 74.5 Å². The minimum Gasteiger partial charge on any atom is -0.507 e. The van der Waals surface area contributed by atoms with Crippen molar-refractivity contribution in [2.24, 2.45) is 15.3 Å². The van der Waals surface area contributed by atoms with Gasteiger partial charge >= 0.3 is 0 Å². The first kappa shape index (κ1) is 22.7. The second kappa shape index (κ2) is 10.4. The molecule has 4 rings (SSSR count). The molecule has 0 spiro atoms.